The van der Waals surface area contributed by atoms with Crippen molar-refractivity contribution in [3.63, 3.8) is 0 Å². The van der Waals surface area contributed by atoms with Crippen molar-refractivity contribution in [2.75, 3.05) is 18.4 Å². The molecular formula is C30H26ClN5O4. The van der Waals surface area contributed by atoms with E-state index in [9.17, 15) is 20.0 Å². The van der Waals surface area contributed by atoms with E-state index in [2.05, 4.69) is 27.0 Å². The molecule has 0 aliphatic carbocycles. The van der Waals surface area contributed by atoms with Gasteiger partial charge in [-0.2, -0.15) is 5.26 Å². The van der Waals surface area contributed by atoms with Crippen molar-refractivity contribution in [2.24, 2.45) is 0 Å². The molecule has 1 aliphatic heterocycles. The Hall–Kier alpha value is -4.65. The second-order valence-corrected chi connectivity index (χ2v) is 9.86. The number of aromatic hydroxyl groups is 1. The van der Waals surface area contributed by atoms with E-state index in [4.69, 9.17) is 16.0 Å². The number of phenolic OH excluding ortho intramolecular Hbond substituents is 1. The Morgan fingerprint density at radius 1 is 1.10 bits per heavy atom. The maximum Gasteiger partial charge on any atom is 0.292 e. The normalized spacial score (nSPS) is 14.8. The number of pyridine rings is 1. The van der Waals surface area contributed by atoms with Gasteiger partial charge in [-0.3, -0.25) is 9.59 Å². The number of amides is 2. The molecule has 1 aliphatic rings. The van der Waals surface area contributed by atoms with Crippen molar-refractivity contribution in [2.45, 2.75) is 25.3 Å². The van der Waals surface area contributed by atoms with Crippen LogP contribution in [0.4, 0.5) is 5.82 Å². The highest BCUT2D eigenvalue weighted by Crippen LogP contribution is 2.37. The topological polar surface area (TPSA) is 140 Å². The summed E-state index contributed by atoms with van der Waals surface area (Å²) in [4.78, 5) is 30.3. The van der Waals surface area contributed by atoms with Crippen LogP contribution in [0, 0.1) is 11.3 Å². The average Bonchev–Trinajstić information content (AvgIpc) is 3.52. The highest BCUT2D eigenvalue weighted by molar-refractivity contribution is 6.30. The zero-order chi connectivity index (χ0) is 28.1. The molecule has 1 unspecified atom stereocenters. The molecule has 40 heavy (non-hydrogen) atoms. The molecule has 2 amide bonds. The third-order valence-electron chi connectivity index (χ3n) is 6.70. The number of aromatic nitrogens is 1. The van der Waals surface area contributed by atoms with Gasteiger partial charge in [-0.1, -0.05) is 30.2 Å². The Balaban J connectivity index is 1.54. The maximum atomic E-state index is 13.0. The number of nitrogens with one attached hydrogen (secondary N) is 3. The van der Waals surface area contributed by atoms with Crippen LogP contribution >= 0.6 is 11.6 Å². The molecule has 2 aromatic heterocycles. The summed E-state index contributed by atoms with van der Waals surface area (Å²) in [5.74, 6) is -0.934. The lowest BCUT2D eigenvalue weighted by Crippen LogP contribution is -2.43. The minimum atomic E-state index is -0.595. The van der Waals surface area contributed by atoms with Crippen molar-refractivity contribution in [3.05, 3.63) is 88.8 Å². The molecule has 3 heterocycles. The van der Waals surface area contributed by atoms with E-state index in [-0.39, 0.29) is 40.5 Å². The Morgan fingerprint density at radius 2 is 1.98 bits per heavy atom. The Labute approximate surface area is 235 Å². The molecule has 0 spiro atoms. The van der Waals surface area contributed by atoms with E-state index in [1.807, 2.05) is 0 Å². The van der Waals surface area contributed by atoms with Gasteiger partial charge in [0.05, 0.1) is 12.0 Å². The van der Waals surface area contributed by atoms with Gasteiger partial charge in [0.25, 0.3) is 11.8 Å². The summed E-state index contributed by atoms with van der Waals surface area (Å²) in [6.45, 7) is 1.46. The van der Waals surface area contributed by atoms with E-state index < -0.39 is 5.91 Å². The number of hydrogen-bond donors (Lipinski definition) is 4. The first kappa shape index (κ1) is 26.9. The highest BCUT2D eigenvalue weighted by atomic mass is 35.5. The van der Waals surface area contributed by atoms with E-state index in [0.29, 0.717) is 33.8 Å². The molecule has 1 saturated heterocycles. The number of halogens is 1. The smallest absolute Gasteiger partial charge is 0.292 e. The van der Waals surface area contributed by atoms with Crippen LogP contribution in [0.2, 0.25) is 5.02 Å². The van der Waals surface area contributed by atoms with Gasteiger partial charge in [0, 0.05) is 34.3 Å². The molecule has 202 valence electrons. The number of phenols is 1. The number of benzene rings is 2. The largest absolute Gasteiger partial charge is 0.507 e. The van der Waals surface area contributed by atoms with E-state index in [0.717, 1.165) is 25.8 Å². The second-order valence-electron chi connectivity index (χ2n) is 9.42. The van der Waals surface area contributed by atoms with Gasteiger partial charge < -0.3 is 25.5 Å². The molecule has 1 fully saturated rings. The number of carbonyl (C=O) groups excluding carboxylic acids is 2. The fourth-order valence-corrected chi connectivity index (χ4v) is 4.82. The molecule has 0 bridgehead atoms. The number of furan rings is 1. The zero-order valence-electron chi connectivity index (χ0n) is 21.4. The number of piperidine rings is 1. The molecule has 1 atom stereocenters. The first-order valence-electron chi connectivity index (χ1n) is 12.8. The van der Waals surface area contributed by atoms with Crippen molar-refractivity contribution in [3.8, 4) is 34.2 Å². The quantitative estimate of drug-likeness (QED) is 0.240. The lowest BCUT2D eigenvalue weighted by molar-refractivity contribution is 0.0946. The summed E-state index contributed by atoms with van der Waals surface area (Å²) in [5, 5.41) is 30.1. The van der Waals surface area contributed by atoms with Gasteiger partial charge >= 0.3 is 0 Å². The molecule has 4 N–H and O–H groups in total. The summed E-state index contributed by atoms with van der Waals surface area (Å²) in [6, 6.07) is 18.5. The predicted octanol–water partition coefficient (Wildman–Crippen LogP) is 5.36. The summed E-state index contributed by atoms with van der Waals surface area (Å²) in [7, 11) is 0. The van der Waals surface area contributed by atoms with Crippen LogP contribution in [-0.4, -0.2) is 41.0 Å². The SMILES string of the molecule is N#Cc1c(-c2cccc(C(=O)NCC3CCCCN3)c2)cc(-c2ccc(Cl)cc2O)nc1NC(=O)c1ccco1. The van der Waals surface area contributed by atoms with Gasteiger partial charge in [0.1, 0.15) is 17.4 Å². The summed E-state index contributed by atoms with van der Waals surface area (Å²) >= 11 is 6.03. The standard InChI is InChI=1S/C30H26ClN5O4/c31-20-9-10-22(26(37)14-20)25-15-23(24(16-32)28(35-25)36-30(39)27-8-4-12-40-27)18-5-3-6-19(13-18)29(38)34-17-21-7-1-2-11-33-21/h3-6,8-10,12-15,21,33,37H,1-2,7,11,17H2,(H,34,38)(H,35,36,39). The predicted molar refractivity (Wildman–Crippen MR) is 151 cm³/mol. The molecule has 9 nitrogen and oxygen atoms in total. The number of nitriles is 1. The molecule has 5 rings (SSSR count). The number of rotatable bonds is 7. The molecule has 10 heteroatoms. The monoisotopic (exact) mass is 555 g/mol. The van der Waals surface area contributed by atoms with Gasteiger partial charge in [-0.05, 0) is 73.5 Å². The average molecular weight is 556 g/mol. The molecule has 0 radical (unpaired) electrons. The van der Waals surface area contributed by atoms with Crippen LogP contribution in [-0.2, 0) is 0 Å². The van der Waals surface area contributed by atoms with Crippen LogP contribution < -0.4 is 16.0 Å². The fraction of sp³-hybridized carbons (Fsp3) is 0.200. The second kappa shape index (κ2) is 12.0. The first-order chi connectivity index (χ1) is 19.4. The zero-order valence-corrected chi connectivity index (χ0v) is 22.2. The van der Waals surface area contributed by atoms with Crippen molar-refractivity contribution in [1.82, 2.24) is 15.6 Å². The summed E-state index contributed by atoms with van der Waals surface area (Å²) < 4.78 is 5.19. The Bertz CT molecular complexity index is 1590. The lowest BCUT2D eigenvalue weighted by Gasteiger charge is -2.23. The van der Waals surface area contributed by atoms with Crippen LogP contribution in [0.3, 0.4) is 0 Å². The number of hydrogen-bond acceptors (Lipinski definition) is 7. The maximum absolute atomic E-state index is 13.0. The number of carbonyl (C=O) groups is 2. The van der Waals surface area contributed by atoms with E-state index in [1.54, 1.807) is 48.5 Å². The summed E-state index contributed by atoms with van der Waals surface area (Å²) in [6.07, 6.45) is 4.64. The fourth-order valence-electron chi connectivity index (χ4n) is 4.66. The van der Waals surface area contributed by atoms with Crippen LogP contribution in [0.25, 0.3) is 22.4 Å². The van der Waals surface area contributed by atoms with Crippen molar-refractivity contribution < 1.29 is 19.1 Å². The highest BCUT2D eigenvalue weighted by Gasteiger charge is 2.21. The van der Waals surface area contributed by atoms with Gasteiger partial charge in [-0.25, -0.2) is 4.98 Å². The minimum absolute atomic E-state index is 0.0241. The molecule has 2 aromatic carbocycles. The van der Waals surface area contributed by atoms with Crippen molar-refractivity contribution in [1.29, 1.82) is 5.26 Å². The number of anilines is 1. The molecular weight excluding hydrogens is 530 g/mol. The number of nitrogens with zero attached hydrogens (tertiary/aromatic N) is 2. The van der Waals surface area contributed by atoms with E-state index in [1.165, 1.54) is 18.4 Å². The molecule has 0 saturated carbocycles. The van der Waals surface area contributed by atoms with Crippen LogP contribution in [0.1, 0.15) is 45.7 Å². The third kappa shape index (κ3) is 5.99. The van der Waals surface area contributed by atoms with Crippen LogP contribution in [0.5, 0.6) is 5.75 Å². The Kier molecular flexibility index (Phi) is 8.10. The lowest BCUT2D eigenvalue weighted by atomic mass is 9.96. The Morgan fingerprint density at radius 3 is 2.70 bits per heavy atom. The minimum Gasteiger partial charge on any atom is -0.507 e. The summed E-state index contributed by atoms with van der Waals surface area (Å²) in [5.41, 5.74) is 2.12. The first-order valence-corrected chi connectivity index (χ1v) is 13.2. The van der Waals surface area contributed by atoms with Gasteiger partial charge in [0.2, 0.25) is 0 Å². The third-order valence-corrected chi connectivity index (χ3v) is 6.94. The van der Waals surface area contributed by atoms with Crippen molar-refractivity contribution >= 4 is 29.2 Å². The van der Waals surface area contributed by atoms with Gasteiger partial charge in [-0.15, -0.1) is 0 Å². The van der Waals surface area contributed by atoms with Gasteiger partial charge in [0.15, 0.2) is 11.6 Å². The van der Waals surface area contributed by atoms with Crippen LogP contribution in [0.15, 0.2) is 71.3 Å². The molecule has 4 aromatic rings. The van der Waals surface area contributed by atoms with E-state index >= 15 is 0 Å².